The molecule has 0 heterocycles. The molecule has 2 N–H and O–H groups in total. The van der Waals surface area contributed by atoms with Crippen LogP contribution < -0.4 is 20.1 Å². The van der Waals surface area contributed by atoms with Crippen LogP contribution >= 0.6 is 0 Å². The van der Waals surface area contributed by atoms with E-state index < -0.39 is 0 Å². The number of methoxy groups -OCH3 is 2. The average molecular weight is 371 g/mol. The van der Waals surface area contributed by atoms with Crippen molar-refractivity contribution >= 4 is 23.2 Å². The standard InChI is InChI=1S/C20H25N3O4/c1-14-8-9-18(27-4)17(10-14)22-20(25)13-23(2)12-19(24)21-15-6-5-7-16(11-15)26-3/h5-11H,12-13H2,1-4H3,(H,21,24)(H,22,25). The molecule has 0 aliphatic heterocycles. The fourth-order valence-corrected chi connectivity index (χ4v) is 2.56. The molecule has 2 amide bonds. The Morgan fingerprint density at radius 2 is 1.67 bits per heavy atom. The van der Waals surface area contributed by atoms with Crippen LogP contribution in [-0.4, -0.2) is 51.1 Å². The molecule has 0 atom stereocenters. The molecule has 7 heteroatoms. The van der Waals surface area contributed by atoms with Crippen LogP contribution in [0.15, 0.2) is 42.5 Å². The number of likely N-dealkylation sites (N-methyl/N-ethyl adjacent to an activating group) is 1. The molecule has 27 heavy (non-hydrogen) atoms. The number of ether oxygens (including phenoxy) is 2. The fourth-order valence-electron chi connectivity index (χ4n) is 2.56. The second kappa shape index (κ2) is 9.59. The van der Waals surface area contributed by atoms with Gasteiger partial charge in [0.05, 0.1) is 33.0 Å². The number of carbonyl (C=O) groups excluding carboxylic acids is 2. The van der Waals surface area contributed by atoms with Gasteiger partial charge in [0.1, 0.15) is 11.5 Å². The minimum Gasteiger partial charge on any atom is -0.497 e. The summed E-state index contributed by atoms with van der Waals surface area (Å²) in [7, 11) is 4.82. The highest BCUT2D eigenvalue weighted by Crippen LogP contribution is 2.25. The quantitative estimate of drug-likeness (QED) is 0.745. The van der Waals surface area contributed by atoms with Crippen LogP contribution in [0.1, 0.15) is 5.56 Å². The first-order chi connectivity index (χ1) is 12.9. The van der Waals surface area contributed by atoms with Gasteiger partial charge < -0.3 is 20.1 Å². The average Bonchev–Trinajstić information content (AvgIpc) is 2.61. The zero-order valence-electron chi connectivity index (χ0n) is 16.0. The number of aryl methyl sites for hydroxylation is 1. The molecule has 0 saturated carbocycles. The predicted octanol–water partition coefficient (Wildman–Crippen LogP) is 2.52. The molecule has 0 bridgehead atoms. The number of benzene rings is 2. The summed E-state index contributed by atoms with van der Waals surface area (Å²) in [6.07, 6.45) is 0. The van der Waals surface area contributed by atoms with Gasteiger partial charge >= 0.3 is 0 Å². The second-order valence-electron chi connectivity index (χ2n) is 6.20. The van der Waals surface area contributed by atoms with Crippen molar-refractivity contribution in [3.05, 3.63) is 48.0 Å². The molecule has 0 aliphatic rings. The number of rotatable bonds is 8. The van der Waals surface area contributed by atoms with Crippen molar-refractivity contribution in [1.29, 1.82) is 0 Å². The van der Waals surface area contributed by atoms with Gasteiger partial charge in [-0.1, -0.05) is 12.1 Å². The molecule has 0 aliphatic carbocycles. The van der Waals surface area contributed by atoms with E-state index in [9.17, 15) is 9.59 Å². The summed E-state index contributed by atoms with van der Waals surface area (Å²) in [4.78, 5) is 26.1. The summed E-state index contributed by atoms with van der Waals surface area (Å²) >= 11 is 0. The van der Waals surface area contributed by atoms with E-state index in [2.05, 4.69) is 10.6 Å². The van der Waals surface area contributed by atoms with Crippen LogP contribution in [-0.2, 0) is 9.59 Å². The largest absolute Gasteiger partial charge is 0.497 e. The van der Waals surface area contributed by atoms with E-state index in [-0.39, 0.29) is 24.9 Å². The molecule has 144 valence electrons. The third-order valence-electron chi connectivity index (χ3n) is 3.81. The predicted molar refractivity (Wildman–Crippen MR) is 105 cm³/mol. The van der Waals surface area contributed by atoms with Gasteiger partial charge in [0, 0.05) is 11.8 Å². The number of hydrogen-bond acceptors (Lipinski definition) is 5. The van der Waals surface area contributed by atoms with Gasteiger partial charge in [-0.3, -0.25) is 14.5 Å². The molecule has 2 rings (SSSR count). The van der Waals surface area contributed by atoms with E-state index in [1.54, 1.807) is 56.5 Å². The number of anilines is 2. The molecule has 0 saturated heterocycles. The van der Waals surface area contributed by atoms with E-state index in [4.69, 9.17) is 9.47 Å². The van der Waals surface area contributed by atoms with E-state index in [1.165, 1.54) is 0 Å². The normalized spacial score (nSPS) is 10.4. The molecule has 0 radical (unpaired) electrons. The van der Waals surface area contributed by atoms with Gasteiger partial charge in [-0.05, 0) is 43.8 Å². The topological polar surface area (TPSA) is 79.9 Å². The minimum atomic E-state index is -0.226. The number of amides is 2. The Balaban J connectivity index is 1.87. The Bertz CT molecular complexity index is 808. The van der Waals surface area contributed by atoms with Crippen LogP contribution in [0.3, 0.4) is 0 Å². The van der Waals surface area contributed by atoms with E-state index in [0.717, 1.165) is 5.56 Å². The molecule has 2 aromatic rings. The Hall–Kier alpha value is -3.06. The van der Waals surface area contributed by atoms with Crippen molar-refractivity contribution < 1.29 is 19.1 Å². The van der Waals surface area contributed by atoms with Crippen molar-refractivity contribution in [2.75, 3.05) is 45.0 Å². The highest BCUT2D eigenvalue weighted by molar-refractivity contribution is 5.95. The molecule has 7 nitrogen and oxygen atoms in total. The summed E-state index contributed by atoms with van der Waals surface area (Å²) in [5, 5.41) is 5.60. The molecule has 0 unspecified atom stereocenters. The van der Waals surface area contributed by atoms with Crippen molar-refractivity contribution in [3.8, 4) is 11.5 Å². The van der Waals surface area contributed by atoms with Gasteiger partial charge in [0.25, 0.3) is 0 Å². The van der Waals surface area contributed by atoms with Gasteiger partial charge in [-0.15, -0.1) is 0 Å². The Morgan fingerprint density at radius 3 is 2.33 bits per heavy atom. The molecule has 0 spiro atoms. The van der Waals surface area contributed by atoms with Crippen LogP contribution in [0.25, 0.3) is 0 Å². The van der Waals surface area contributed by atoms with Crippen molar-refractivity contribution in [1.82, 2.24) is 4.90 Å². The van der Waals surface area contributed by atoms with Crippen LogP contribution in [0, 0.1) is 6.92 Å². The SMILES string of the molecule is COc1cccc(NC(=O)CN(C)CC(=O)Nc2cc(C)ccc2OC)c1. The summed E-state index contributed by atoms with van der Waals surface area (Å²) in [6.45, 7) is 2.09. The fraction of sp³-hybridized carbons (Fsp3) is 0.300. The summed E-state index contributed by atoms with van der Waals surface area (Å²) in [5.74, 6) is 0.808. The molecule has 0 fully saturated rings. The minimum absolute atomic E-state index is 0.0721. The van der Waals surface area contributed by atoms with E-state index in [1.807, 2.05) is 19.1 Å². The van der Waals surface area contributed by atoms with Gasteiger partial charge in [0.15, 0.2) is 0 Å². The summed E-state index contributed by atoms with van der Waals surface area (Å²) in [5.41, 5.74) is 2.26. The number of nitrogens with one attached hydrogen (secondary N) is 2. The maximum absolute atomic E-state index is 12.3. The zero-order valence-corrected chi connectivity index (χ0v) is 16.0. The second-order valence-corrected chi connectivity index (χ2v) is 6.20. The highest BCUT2D eigenvalue weighted by Gasteiger charge is 2.13. The summed E-state index contributed by atoms with van der Waals surface area (Å²) in [6, 6.07) is 12.6. The first kappa shape index (κ1) is 20.3. The Kier molecular flexibility index (Phi) is 7.19. The lowest BCUT2D eigenvalue weighted by atomic mass is 10.2. The lowest BCUT2D eigenvalue weighted by Gasteiger charge is -2.17. The molecular formula is C20H25N3O4. The van der Waals surface area contributed by atoms with E-state index in [0.29, 0.717) is 22.9 Å². The van der Waals surface area contributed by atoms with Crippen molar-refractivity contribution in [2.24, 2.45) is 0 Å². The number of hydrogen-bond donors (Lipinski definition) is 2. The lowest BCUT2D eigenvalue weighted by Crippen LogP contribution is -2.36. The Morgan fingerprint density at radius 1 is 0.963 bits per heavy atom. The number of nitrogens with zero attached hydrogens (tertiary/aromatic N) is 1. The van der Waals surface area contributed by atoms with Crippen LogP contribution in [0.4, 0.5) is 11.4 Å². The van der Waals surface area contributed by atoms with Crippen molar-refractivity contribution in [2.45, 2.75) is 6.92 Å². The van der Waals surface area contributed by atoms with Gasteiger partial charge in [-0.2, -0.15) is 0 Å². The summed E-state index contributed by atoms with van der Waals surface area (Å²) < 4.78 is 10.4. The first-order valence-electron chi connectivity index (χ1n) is 8.48. The monoisotopic (exact) mass is 371 g/mol. The zero-order chi connectivity index (χ0) is 19.8. The van der Waals surface area contributed by atoms with E-state index >= 15 is 0 Å². The van der Waals surface area contributed by atoms with Crippen LogP contribution in [0.5, 0.6) is 11.5 Å². The van der Waals surface area contributed by atoms with Crippen LogP contribution in [0.2, 0.25) is 0 Å². The number of carbonyl (C=O) groups is 2. The maximum Gasteiger partial charge on any atom is 0.238 e. The first-order valence-corrected chi connectivity index (χ1v) is 8.48. The van der Waals surface area contributed by atoms with Gasteiger partial charge in [-0.25, -0.2) is 0 Å². The maximum atomic E-state index is 12.3. The lowest BCUT2D eigenvalue weighted by molar-refractivity contribution is -0.119. The molecule has 2 aromatic carbocycles. The molecular weight excluding hydrogens is 346 g/mol. The molecule has 0 aromatic heterocycles. The highest BCUT2D eigenvalue weighted by atomic mass is 16.5. The smallest absolute Gasteiger partial charge is 0.238 e. The van der Waals surface area contributed by atoms with Crippen molar-refractivity contribution in [3.63, 3.8) is 0 Å². The third-order valence-corrected chi connectivity index (χ3v) is 3.81. The third kappa shape index (κ3) is 6.31. The van der Waals surface area contributed by atoms with Gasteiger partial charge in [0.2, 0.25) is 11.8 Å². The Labute approximate surface area is 159 Å².